The van der Waals surface area contributed by atoms with Gasteiger partial charge in [-0.2, -0.15) is 0 Å². The van der Waals surface area contributed by atoms with Crippen LogP contribution in [0.25, 0.3) is 0 Å². The van der Waals surface area contributed by atoms with E-state index in [1.807, 2.05) is 13.8 Å². The first-order valence-electron chi connectivity index (χ1n) is 32.8. The lowest BCUT2D eigenvalue weighted by Gasteiger charge is -2.61. The van der Waals surface area contributed by atoms with Crippen molar-refractivity contribution in [2.75, 3.05) is 46.2 Å². The molecule has 12 aliphatic rings. The van der Waals surface area contributed by atoms with Crippen LogP contribution in [0.1, 0.15) is 59.8 Å². The van der Waals surface area contributed by atoms with Crippen LogP contribution in [0.5, 0.6) is 0 Å². The van der Waals surface area contributed by atoms with Crippen molar-refractivity contribution < 1.29 is 168 Å². The number of rotatable bonds is 16. The van der Waals surface area contributed by atoms with Crippen LogP contribution >= 0.6 is 0 Å². The Bertz CT molecular complexity index is 2690. The van der Waals surface area contributed by atoms with Crippen molar-refractivity contribution in [1.82, 2.24) is 0 Å². The monoisotopic (exact) mass is 1370 g/mol. The van der Waals surface area contributed by atoms with Crippen molar-refractivity contribution in [3.05, 3.63) is 23.8 Å². The Kier molecular flexibility index (Phi) is 21.3. The Balaban J connectivity index is 0.860. The van der Waals surface area contributed by atoms with Crippen LogP contribution in [0.15, 0.2) is 23.8 Å². The van der Waals surface area contributed by atoms with Gasteiger partial charge in [-0.25, -0.2) is 0 Å². The summed E-state index contributed by atoms with van der Waals surface area (Å²) in [7, 11) is 0. The fourth-order valence-electron chi connectivity index (χ4n) is 17.8. The number of aliphatic hydroxyl groups is 20. The lowest BCUT2D eigenvalue weighted by Crippen LogP contribution is -2.68. The molecule has 0 radical (unpaired) electrons. The first kappa shape index (κ1) is 72.9. The van der Waals surface area contributed by atoms with Gasteiger partial charge in [0.1, 0.15) is 128 Å². The molecule has 41 atom stereocenters. The van der Waals surface area contributed by atoms with Crippen molar-refractivity contribution in [2.45, 2.75) is 268 Å². The summed E-state index contributed by atoms with van der Waals surface area (Å²) in [5, 5.41) is 223. The van der Waals surface area contributed by atoms with Gasteiger partial charge in [-0.3, -0.25) is 0 Å². The highest BCUT2D eigenvalue weighted by Gasteiger charge is 2.74. The van der Waals surface area contributed by atoms with Crippen LogP contribution < -0.4 is 0 Å². The highest BCUT2D eigenvalue weighted by atomic mass is 16.8. The van der Waals surface area contributed by atoms with Crippen LogP contribution in [-0.2, 0) is 66.3 Å². The highest BCUT2D eigenvalue weighted by molar-refractivity contribution is 5.31. The van der Waals surface area contributed by atoms with Gasteiger partial charge in [0, 0.05) is 23.7 Å². The Morgan fingerprint density at radius 1 is 0.589 bits per heavy atom. The van der Waals surface area contributed by atoms with E-state index >= 15 is 0 Å². The molecule has 8 aliphatic heterocycles. The molecule has 3 unspecified atom stereocenters. The smallest absolute Gasteiger partial charge is 0.203 e. The quantitative estimate of drug-likeness (QED) is 0.0638. The number of hydrogen-bond acceptors (Lipinski definition) is 34. The van der Waals surface area contributed by atoms with E-state index in [1.54, 1.807) is 6.08 Å². The van der Waals surface area contributed by atoms with Crippen LogP contribution in [0.3, 0.4) is 0 Å². The van der Waals surface area contributed by atoms with Crippen molar-refractivity contribution in [3.63, 3.8) is 0 Å². The summed E-state index contributed by atoms with van der Waals surface area (Å²) < 4.78 is 87.0. The summed E-state index contributed by atoms with van der Waals surface area (Å²) in [6, 6.07) is 0. The van der Waals surface area contributed by atoms with E-state index in [0.717, 1.165) is 0 Å². The van der Waals surface area contributed by atoms with Gasteiger partial charge in [0.05, 0.1) is 82.9 Å². The molecule has 0 amide bonds. The average Bonchev–Trinajstić information content (AvgIpc) is 1.53. The maximum Gasteiger partial charge on any atom is 0.203 e. The van der Waals surface area contributed by atoms with Gasteiger partial charge in [0.15, 0.2) is 37.7 Å². The van der Waals surface area contributed by atoms with E-state index in [4.69, 9.17) is 66.3 Å². The predicted molar refractivity (Wildman–Crippen MR) is 306 cm³/mol. The molecule has 0 aromatic rings. The van der Waals surface area contributed by atoms with Gasteiger partial charge < -0.3 is 168 Å². The minimum absolute atomic E-state index is 0.0665. The fraction of sp³-hybridized carbons (Fsp3) is 0.934. The zero-order valence-electron chi connectivity index (χ0n) is 52.8. The predicted octanol–water partition coefficient (Wildman–Crippen LogP) is -9.23. The Morgan fingerprint density at radius 2 is 1.21 bits per heavy atom. The summed E-state index contributed by atoms with van der Waals surface area (Å²) >= 11 is 0. The lowest BCUT2D eigenvalue weighted by molar-refractivity contribution is -0.397. The van der Waals surface area contributed by atoms with Crippen LogP contribution in [0, 0.1) is 40.4 Å². The molecule has 20 N–H and O–H groups in total. The number of ether oxygens (including phenoxy) is 14. The molecule has 11 fully saturated rings. The summed E-state index contributed by atoms with van der Waals surface area (Å²) in [6.45, 7) is 6.29. The molecule has 12 rings (SSSR count). The summed E-state index contributed by atoms with van der Waals surface area (Å²) in [4.78, 5) is 0. The first-order valence-corrected chi connectivity index (χ1v) is 32.8. The molecular weight excluding hydrogens is 1280 g/mol. The molecule has 3 saturated carbocycles. The molecule has 95 heavy (non-hydrogen) atoms. The second-order valence-electron chi connectivity index (χ2n) is 28.8. The van der Waals surface area contributed by atoms with Crippen molar-refractivity contribution in [2.24, 2.45) is 40.4 Å². The molecule has 34 nitrogen and oxygen atoms in total. The molecular formula is C61H96O34. The second-order valence-corrected chi connectivity index (χ2v) is 28.8. The van der Waals surface area contributed by atoms with Crippen LogP contribution in [-0.4, -0.2) is 356 Å². The van der Waals surface area contributed by atoms with Gasteiger partial charge in [-0.15, -0.1) is 0 Å². The normalized spacial score (nSPS) is 57.2. The van der Waals surface area contributed by atoms with E-state index in [0.29, 0.717) is 18.4 Å². The van der Waals surface area contributed by atoms with Gasteiger partial charge in [0.2, 0.25) is 5.79 Å². The van der Waals surface area contributed by atoms with Gasteiger partial charge in [-0.05, 0) is 68.3 Å². The van der Waals surface area contributed by atoms with Crippen molar-refractivity contribution >= 4 is 0 Å². The van der Waals surface area contributed by atoms with E-state index in [1.165, 1.54) is 13.8 Å². The number of hydrogen-bond donors (Lipinski definition) is 20. The third kappa shape index (κ3) is 12.4. The third-order valence-corrected chi connectivity index (χ3v) is 23.3. The maximum atomic E-state index is 12.8. The van der Waals surface area contributed by atoms with Crippen molar-refractivity contribution in [3.8, 4) is 0 Å². The van der Waals surface area contributed by atoms with Gasteiger partial charge in [-0.1, -0.05) is 32.1 Å². The standard InChI is InChI=1S/C61H96O34/c1-19-14-85-61(50(79)46(19)91-54-44(77)40(73)35(68)20(2)86-54)26(15-82-52-43(76)41(74)38(71)30(12-62)88-52)34-29(95-61)11-25-33-24(6-7-58(25,34)4)59(5)22(9-27(33)66)8-23(65)10-32(59)90-56-49(48(39(72)31(13-63)89-56)93-53-42(75)37(70)28(67)16-83-53)94-55-45(78)47(36(69)21(3)87-55)92-57-51(80)60(81,17-64)18-84-57/h9,20-21,23-57,62-81H,1,6-8,10-18H2,2-5H3/t20-,21+,23-,24?,25?,26+,27?,28-,29+,30-,31-,32-,33-,34+,35+,36+,37+,38+,39-,40+,41+,42-,43-,44-,45-,46+,47-,48+,49-,50+,51+,52-,53+,54+,55+,56+,57+,58+,59+,60-,61+/m1/s1. The molecule has 34 heteroatoms. The number of aliphatic hydroxyl groups excluding tert-OH is 19. The molecule has 8 saturated heterocycles. The molecule has 544 valence electrons. The molecule has 0 aromatic carbocycles. The minimum atomic E-state index is -2.18. The molecule has 4 aliphatic carbocycles. The molecule has 8 heterocycles. The van der Waals surface area contributed by atoms with Crippen LogP contribution in [0.2, 0.25) is 0 Å². The largest absolute Gasteiger partial charge is 0.394 e. The SMILES string of the molecule is C=C1CO[C@@]2(O[C@H]3CC4[C@@H]5C(O)C=C6C[C@@H](O)C[C@@H](O[C@@H]7O[C@H](CO)[C@@H](O)[C@H](O[C@@H]8OC[C@@H](O)[C@H](O)[C@H]8O)[C@H]7O[C@@H]7O[C@@H](C)[C@H](O)[C@@H](O[C@@H]8OC[C@](O)(CO)[C@H]8O)[C@H]7O)[C@]6(C)C5CC[C@]4(C)[C@H]3[C@@H]2CO[C@@H]2O[C@H](CO)[C@H](O)[C@H](O)[C@H]2O)[C@@H](O)[C@H]1O[C@@H]1O[C@H](C)[C@H](O)[C@H](O)[C@H]1O. The second kappa shape index (κ2) is 27.7. The fourth-order valence-corrected chi connectivity index (χ4v) is 17.8. The summed E-state index contributed by atoms with van der Waals surface area (Å²) in [6.07, 6.45) is -49.4. The average molecular weight is 1370 g/mol. The summed E-state index contributed by atoms with van der Waals surface area (Å²) in [5.74, 6) is -5.40. The molecule has 0 aromatic heterocycles. The minimum Gasteiger partial charge on any atom is -0.394 e. The zero-order valence-corrected chi connectivity index (χ0v) is 52.8. The van der Waals surface area contributed by atoms with Crippen molar-refractivity contribution in [1.29, 1.82) is 0 Å². The van der Waals surface area contributed by atoms with Gasteiger partial charge in [0.25, 0.3) is 0 Å². The van der Waals surface area contributed by atoms with E-state index in [2.05, 4.69) is 6.58 Å². The zero-order chi connectivity index (χ0) is 68.6. The molecule has 1 spiro atoms. The molecule has 0 bridgehead atoms. The van der Waals surface area contributed by atoms with E-state index in [9.17, 15) is 102 Å². The Hall–Kier alpha value is -1.88. The Labute approximate surface area is 545 Å². The maximum absolute atomic E-state index is 12.8. The Morgan fingerprint density at radius 3 is 1.89 bits per heavy atom. The van der Waals surface area contributed by atoms with Crippen LogP contribution in [0.4, 0.5) is 0 Å². The lowest BCUT2D eigenvalue weighted by atomic mass is 9.45. The third-order valence-electron chi connectivity index (χ3n) is 23.3. The van der Waals surface area contributed by atoms with Gasteiger partial charge >= 0.3 is 0 Å². The number of fused-ring (bicyclic) bond motifs is 7. The van der Waals surface area contributed by atoms with E-state index in [-0.39, 0.29) is 31.4 Å². The first-order chi connectivity index (χ1) is 44.9. The summed E-state index contributed by atoms with van der Waals surface area (Å²) in [5.41, 5.74) is -3.43. The topological polar surface area (TPSA) is 534 Å². The van der Waals surface area contributed by atoms with E-state index < -0.39 is 288 Å². The highest BCUT2D eigenvalue weighted by Crippen LogP contribution is 2.71.